The van der Waals surface area contributed by atoms with Crippen LogP contribution in [0.3, 0.4) is 0 Å². The Balaban J connectivity index is 1.98. The Bertz CT molecular complexity index is 694. The zero-order chi connectivity index (χ0) is 16.1. The van der Waals surface area contributed by atoms with E-state index in [2.05, 4.69) is 10.3 Å². The monoisotopic (exact) mass is 323 g/mol. The molecule has 0 fully saturated rings. The SMILES string of the molecule is COc1cc(CCNc2ncc([N+](=O)[O-])cc2Cl)ccc1O. The number of pyridine rings is 1. The van der Waals surface area contributed by atoms with Crippen molar-refractivity contribution >= 4 is 23.1 Å². The van der Waals surface area contributed by atoms with E-state index in [0.717, 1.165) is 11.8 Å². The zero-order valence-corrected chi connectivity index (χ0v) is 12.5. The number of phenols is 1. The highest BCUT2D eigenvalue weighted by Crippen LogP contribution is 2.27. The van der Waals surface area contributed by atoms with Crippen molar-refractivity contribution in [3.8, 4) is 11.5 Å². The van der Waals surface area contributed by atoms with Gasteiger partial charge in [-0.25, -0.2) is 4.98 Å². The summed E-state index contributed by atoms with van der Waals surface area (Å²) in [5.74, 6) is 0.876. The van der Waals surface area contributed by atoms with Gasteiger partial charge in [0.15, 0.2) is 11.5 Å². The van der Waals surface area contributed by atoms with Gasteiger partial charge < -0.3 is 15.2 Å². The molecule has 1 aromatic heterocycles. The third-order valence-electron chi connectivity index (χ3n) is 2.99. The van der Waals surface area contributed by atoms with Crippen LogP contribution in [0, 0.1) is 10.1 Å². The molecule has 1 aromatic carbocycles. The van der Waals surface area contributed by atoms with Crippen LogP contribution in [-0.2, 0) is 6.42 Å². The zero-order valence-electron chi connectivity index (χ0n) is 11.7. The molecule has 0 saturated carbocycles. The fourth-order valence-corrected chi connectivity index (χ4v) is 2.09. The number of hydrogen-bond donors (Lipinski definition) is 2. The van der Waals surface area contributed by atoms with Crippen molar-refractivity contribution in [2.45, 2.75) is 6.42 Å². The summed E-state index contributed by atoms with van der Waals surface area (Å²) in [6.45, 7) is 0.526. The number of phenolic OH excluding ortho intramolecular Hbond substituents is 1. The number of aromatic hydroxyl groups is 1. The maximum absolute atomic E-state index is 10.6. The fourth-order valence-electron chi connectivity index (χ4n) is 1.86. The van der Waals surface area contributed by atoms with Crippen molar-refractivity contribution in [2.75, 3.05) is 19.0 Å². The maximum Gasteiger partial charge on any atom is 0.289 e. The Labute approximate surface area is 131 Å². The van der Waals surface area contributed by atoms with Crippen molar-refractivity contribution in [3.05, 3.63) is 51.2 Å². The third-order valence-corrected chi connectivity index (χ3v) is 3.28. The van der Waals surface area contributed by atoms with E-state index in [4.69, 9.17) is 16.3 Å². The van der Waals surface area contributed by atoms with E-state index in [1.54, 1.807) is 18.2 Å². The van der Waals surface area contributed by atoms with Gasteiger partial charge in [-0.3, -0.25) is 10.1 Å². The number of nitro groups is 1. The van der Waals surface area contributed by atoms with E-state index in [0.29, 0.717) is 24.5 Å². The fraction of sp³-hybridized carbons (Fsp3) is 0.214. The Hall–Kier alpha value is -2.54. The van der Waals surface area contributed by atoms with Crippen LogP contribution in [0.25, 0.3) is 0 Å². The van der Waals surface area contributed by atoms with Gasteiger partial charge in [0.2, 0.25) is 0 Å². The lowest BCUT2D eigenvalue weighted by molar-refractivity contribution is -0.385. The predicted octanol–water partition coefficient (Wildman–Crippen LogP) is 3.01. The molecule has 0 aliphatic heterocycles. The van der Waals surface area contributed by atoms with Gasteiger partial charge in [-0.05, 0) is 24.1 Å². The van der Waals surface area contributed by atoms with Crippen LogP contribution in [-0.4, -0.2) is 28.7 Å². The summed E-state index contributed by atoms with van der Waals surface area (Å²) in [7, 11) is 1.48. The lowest BCUT2D eigenvalue weighted by atomic mass is 10.1. The van der Waals surface area contributed by atoms with Gasteiger partial charge in [0, 0.05) is 12.6 Å². The highest BCUT2D eigenvalue weighted by molar-refractivity contribution is 6.33. The van der Waals surface area contributed by atoms with Crippen LogP contribution in [0.15, 0.2) is 30.5 Å². The molecule has 1 heterocycles. The molecular weight excluding hydrogens is 310 g/mol. The van der Waals surface area contributed by atoms with Gasteiger partial charge in [-0.15, -0.1) is 0 Å². The number of aromatic nitrogens is 1. The first-order chi connectivity index (χ1) is 10.5. The summed E-state index contributed by atoms with van der Waals surface area (Å²) in [5.41, 5.74) is 0.805. The Morgan fingerprint density at radius 2 is 2.23 bits per heavy atom. The molecule has 0 radical (unpaired) electrons. The maximum atomic E-state index is 10.6. The predicted molar refractivity (Wildman–Crippen MR) is 82.8 cm³/mol. The summed E-state index contributed by atoms with van der Waals surface area (Å²) in [4.78, 5) is 14.0. The summed E-state index contributed by atoms with van der Waals surface area (Å²) in [6, 6.07) is 6.33. The second kappa shape index (κ2) is 6.95. The molecule has 2 aromatic rings. The van der Waals surface area contributed by atoms with Crippen LogP contribution < -0.4 is 10.1 Å². The van der Waals surface area contributed by atoms with Crippen molar-refractivity contribution in [1.82, 2.24) is 4.98 Å². The molecule has 0 bridgehead atoms. The number of ether oxygens (including phenoxy) is 1. The lowest BCUT2D eigenvalue weighted by Gasteiger charge is -2.09. The molecule has 0 aliphatic carbocycles. The highest BCUT2D eigenvalue weighted by Gasteiger charge is 2.10. The van der Waals surface area contributed by atoms with E-state index in [1.807, 2.05) is 0 Å². The Morgan fingerprint density at radius 1 is 1.45 bits per heavy atom. The van der Waals surface area contributed by atoms with E-state index >= 15 is 0 Å². The first-order valence-corrected chi connectivity index (χ1v) is 6.78. The van der Waals surface area contributed by atoms with Crippen molar-refractivity contribution < 1.29 is 14.8 Å². The third kappa shape index (κ3) is 3.76. The number of nitrogens with zero attached hydrogens (tertiary/aromatic N) is 2. The molecule has 0 spiro atoms. The van der Waals surface area contributed by atoms with E-state index in [-0.39, 0.29) is 16.5 Å². The molecule has 22 heavy (non-hydrogen) atoms. The summed E-state index contributed by atoms with van der Waals surface area (Å²) in [6.07, 6.45) is 1.80. The first-order valence-electron chi connectivity index (χ1n) is 6.41. The smallest absolute Gasteiger partial charge is 0.289 e. The van der Waals surface area contributed by atoms with Gasteiger partial charge in [-0.1, -0.05) is 17.7 Å². The molecular formula is C14H14ClN3O4. The molecule has 116 valence electrons. The molecule has 0 atom stereocenters. The van der Waals surface area contributed by atoms with E-state index in [9.17, 15) is 15.2 Å². The normalized spacial score (nSPS) is 10.3. The topological polar surface area (TPSA) is 97.5 Å². The minimum atomic E-state index is -0.550. The van der Waals surface area contributed by atoms with Gasteiger partial charge in [0.1, 0.15) is 12.0 Å². The lowest BCUT2D eigenvalue weighted by Crippen LogP contribution is -2.07. The number of benzene rings is 1. The van der Waals surface area contributed by atoms with Crippen LogP contribution in [0.2, 0.25) is 5.02 Å². The molecule has 2 N–H and O–H groups in total. The summed E-state index contributed by atoms with van der Waals surface area (Å²) < 4.78 is 5.04. The second-order valence-corrected chi connectivity index (χ2v) is 4.87. The van der Waals surface area contributed by atoms with Gasteiger partial charge >= 0.3 is 0 Å². The van der Waals surface area contributed by atoms with Crippen molar-refractivity contribution in [3.63, 3.8) is 0 Å². The molecule has 0 aliphatic rings. The summed E-state index contributed by atoms with van der Waals surface area (Å²) >= 11 is 5.94. The number of anilines is 1. The number of methoxy groups -OCH3 is 1. The average Bonchev–Trinajstić information content (AvgIpc) is 2.50. The molecule has 8 heteroatoms. The quantitative estimate of drug-likeness (QED) is 0.626. The van der Waals surface area contributed by atoms with Crippen LogP contribution >= 0.6 is 11.6 Å². The van der Waals surface area contributed by atoms with Gasteiger partial charge in [-0.2, -0.15) is 0 Å². The second-order valence-electron chi connectivity index (χ2n) is 4.46. The molecule has 0 saturated heterocycles. The van der Waals surface area contributed by atoms with E-state index in [1.165, 1.54) is 13.2 Å². The van der Waals surface area contributed by atoms with Gasteiger partial charge in [0.25, 0.3) is 5.69 Å². The van der Waals surface area contributed by atoms with Crippen molar-refractivity contribution in [1.29, 1.82) is 0 Å². The summed E-state index contributed by atoms with van der Waals surface area (Å²) in [5, 5.41) is 23.3. The number of halogens is 1. The Morgan fingerprint density at radius 3 is 2.86 bits per heavy atom. The molecule has 0 unspecified atom stereocenters. The molecule has 7 nitrogen and oxygen atoms in total. The first kappa shape index (κ1) is 15.8. The minimum Gasteiger partial charge on any atom is -0.504 e. The van der Waals surface area contributed by atoms with Crippen LogP contribution in [0.5, 0.6) is 11.5 Å². The van der Waals surface area contributed by atoms with E-state index < -0.39 is 4.92 Å². The number of rotatable bonds is 6. The highest BCUT2D eigenvalue weighted by atomic mass is 35.5. The average molecular weight is 324 g/mol. The molecule has 2 rings (SSSR count). The number of hydrogen-bond acceptors (Lipinski definition) is 6. The van der Waals surface area contributed by atoms with Crippen LogP contribution in [0.1, 0.15) is 5.56 Å². The largest absolute Gasteiger partial charge is 0.504 e. The minimum absolute atomic E-state index is 0.0827. The van der Waals surface area contributed by atoms with Crippen LogP contribution in [0.4, 0.5) is 11.5 Å². The standard InChI is InChI=1S/C14H14ClN3O4/c1-22-13-6-9(2-3-12(13)19)4-5-16-14-11(15)7-10(8-17-14)18(20)21/h2-3,6-8,19H,4-5H2,1H3,(H,16,17). The number of nitrogens with one attached hydrogen (secondary N) is 1. The Kier molecular flexibility index (Phi) is 5.00. The van der Waals surface area contributed by atoms with Gasteiger partial charge in [0.05, 0.1) is 17.1 Å². The van der Waals surface area contributed by atoms with Crippen molar-refractivity contribution in [2.24, 2.45) is 0 Å². The molecule has 0 amide bonds.